The molecule has 1 unspecified atom stereocenters. The third-order valence-corrected chi connectivity index (χ3v) is 6.69. The van der Waals surface area contributed by atoms with Crippen LogP contribution in [0, 0.1) is 0 Å². The minimum Gasteiger partial charge on any atom is -0.477 e. The number of aromatic carboxylic acids is 1. The van der Waals surface area contributed by atoms with Crippen LogP contribution in [-0.4, -0.2) is 20.6 Å². The van der Waals surface area contributed by atoms with Crippen molar-refractivity contribution in [3.63, 3.8) is 0 Å². The Hall–Kier alpha value is -2.22. The van der Waals surface area contributed by atoms with Crippen molar-refractivity contribution in [2.75, 3.05) is 0 Å². The average molecular weight is 418 g/mol. The Bertz CT molecular complexity index is 1150. The Labute approximate surface area is 171 Å². The van der Waals surface area contributed by atoms with Crippen molar-refractivity contribution in [2.24, 2.45) is 5.73 Å². The predicted molar refractivity (Wildman–Crippen MR) is 112 cm³/mol. The third kappa shape index (κ3) is 3.03. The maximum absolute atomic E-state index is 12.6. The SMILES string of the molecule is Cl.NC1CCCc2sc(-c3ccc4c(=O)c(C(=O)O)cn(C5CC5)c4n3)cc21. The highest BCUT2D eigenvalue weighted by Gasteiger charge is 2.28. The van der Waals surface area contributed by atoms with E-state index in [-0.39, 0.29) is 30.1 Å². The summed E-state index contributed by atoms with van der Waals surface area (Å²) in [6.07, 6.45) is 6.58. The first-order valence-corrected chi connectivity index (χ1v) is 10.0. The molecular weight excluding hydrogens is 398 g/mol. The number of carbonyl (C=O) groups is 1. The third-order valence-electron chi connectivity index (χ3n) is 5.46. The van der Waals surface area contributed by atoms with Crippen LogP contribution in [0.5, 0.6) is 0 Å². The maximum atomic E-state index is 12.6. The molecule has 1 atom stereocenters. The topological polar surface area (TPSA) is 98.2 Å². The molecule has 0 spiro atoms. The number of hydrogen-bond donors (Lipinski definition) is 2. The number of halogens is 1. The van der Waals surface area contributed by atoms with Crippen LogP contribution in [0.15, 0.2) is 29.2 Å². The first kappa shape index (κ1) is 19.1. The molecule has 5 rings (SSSR count). The number of aromatic nitrogens is 2. The fraction of sp³-hybridized carbons (Fsp3) is 0.350. The van der Waals surface area contributed by atoms with E-state index in [2.05, 4.69) is 6.07 Å². The number of carboxylic acids is 1. The van der Waals surface area contributed by atoms with Crippen molar-refractivity contribution < 1.29 is 9.90 Å². The molecule has 3 heterocycles. The Morgan fingerprint density at radius 3 is 2.75 bits per heavy atom. The molecule has 0 aromatic carbocycles. The van der Waals surface area contributed by atoms with Crippen LogP contribution in [0.2, 0.25) is 0 Å². The van der Waals surface area contributed by atoms with Gasteiger partial charge in [0.05, 0.1) is 16.0 Å². The molecule has 0 amide bonds. The Balaban J connectivity index is 0.00000192. The van der Waals surface area contributed by atoms with Crippen molar-refractivity contribution in [3.8, 4) is 10.6 Å². The lowest BCUT2D eigenvalue weighted by molar-refractivity contribution is 0.0695. The standard InChI is InChI=1S/C20H19N3O3S.ClH/c21-14-2-1-3-16-12(14)8-17(27-16)15-7-6-11-18(24)13(20(25)26)9-23(10-4-5-10)19(11)22-15;/h6-10,14H,1-5,21H2,(H,25,26);1H. The lowest BCUT2D eigenvalue weighted by Gasteiger charge is -2.17. The Morgan fingerprint density at radius 2 is 2.07 bits per heavy atom. The van der Waals surface area contributed by atoms with Gasteiger partial charge in [0.25, 0.3) is 0 Å². The van der Waals surface area contributed by atoms with Crippen LogP contribution in [-0.2, 0) is 6.42 Å². The van der Waals surface area contributed by atoms with E-state index in [0.717, 1.165) is 42.7 Å². The van der Waals surface area contributed by atoms with Crippen molar-refractivity contribution in [3.05, 3.63) is 50.6 Å². The van der Waals surface area contributed by atoms with Crippen molar-refractivity contribution >= 4 is 40.7 Å². The first-order chi connectivity index (χ1) is 13.0. The molecule has 2 aliphatic rings. The maximum Gasteiger partial charge on any atom is 0.341 e. The van der Waals surface area contributed by atoms with Crippen LogP contribution in [0.25, 0.3) is 21.6 Å². The second-order valence-electron chi connectivity index (χ2n) is 7.37. The molecule has 3 aromatic rings. The van der Waals surface area contributed by atoms with Gasteiger partial charge in [-0.15, -0.1) is 23.7 Å². The number of pyridine rings is 2. The van der Waals surface area contributed by atoms with Crippen LogP contribution in [0.3, 0.4) is 0 Å². The molecule has 8 heteroatoms. The first-order valence-electron chi connectivity index (χ1n) is 9.20. The summed E-state index contributed by atoms with van der Waals surface area (Å²) in [6, 6.07) is 5.96. The molecule has 3 aromatic heterocycles. The van der Waals surface area contributed by atoms with Gasteiger partial charge in [-0.1, -0.05) is 0 Å². The van der Waals surface area contributed by atoms with E-state index in [9.17, 15) is 14.7 Å². The Kier molecular flexibility index (Phi) is 4.77. The number of thiophene rings is 1. The predicted octanol–water partition coefficient (Wildman–Crippen LogP) is 3.92. The van der Waals surface area contributed by atoms with E-state index in [1.807, 2.05) is 10.6 Å². The second-order valence-corrected chi connectivity index (χ2v) is 8.51. The van der Waals surface area contributed by atoms with Crippen LogP contribution in [0.1, 0.15) is 58.6 Å². The molecule has 0 saturated heterocycles. The summed E-state index contributed by atoms with van der Waals surface area (Å²) >= 11 is 1.72. The zero-order valence-corrected chi connectivity index (χ0v) is 16.7. The van der Waals surface area contributed by atoms with E-state index in [1.54, 1.807) is 17.4 Å². The summed E-state index contributed by atoms with van der Waals surface area (Å²) in [5.74, 6) is -1.19. The summed E-state index contributed by atoms with van der Waals surface area (Å²) in [5, 5.41) is 9.72. The highest BCUT2D eigenvalue weighted by molar-refractivity contribution is 7.15. The van der Waals surface area contributed by atoms with E-state index >= 15 is 0 Å². The van der Waals surface area contributed by atoms with E-state index < -0.39 is 11.4 Å². The van der Waals surface area contributed by atoms with Crippen LogP contribution in [0.4, 0.5) is 0 Å². The molecule has 28 heavy (non-hydrogen) atoms. The second kappa shape index (κ2) is 6.99. The lowest BCUT2D eigenvalue weighted by Crippen LogP contribution is -2.19. The Morgan fingerprint density at radius 1 is 1.29 bits per heavy atom. The van der Waals surface area contributed by atoms with Gasteiger partial charge in [0.1, 0.15) is 11.2 Å². The zero-order chi connectivity index (χ0) is 18.7. The molecule has 0 aliphatic heterocycles. The van der Waals surface area contributed by atoms with Gasteiger partial charge in [0.2, 0.25) is 5.43 Å². The zero-order valence-electron chi connectivity index (χ0n) is 15.1. The van der Waals surface area contributed by atoms with Gasteiger partial charge >= 0.3 is 5.97 Å². The lowest BCUT2D eigenvalue weighted by atomic mass is 9.94. The van der Waals surface area contributed by atoms with Gasteiger partial charge in [0, 0.05) is 23.2 Å². The van der Waals surface area contributed by atoms with Gasteiger partial charge in [-0.05, 0) is 55.9 Å². The molecular formula is C20H20ClN3O3S. The van der Waals surface area contributed by atoms with E-state index in [4.69, 9.17) is 10.7 Å². The monoisotopic (exact) mass is 417 g/mol. The van der Waals surface area contributed by atoms with Gasteiger partial charge in [0.15, 0.2) is 0 Å². The summed E-state index contributed by atoms with van der Waals surface area (Å²) < 4.78 is 1.86. The fourth-order valence-electron chi connectivity index (χ4n) is 3.86. The smallest absolute Gasteiger partial charge is 0.341 e. The molecule has 2 aliphatic carbocycles. The number of nitrogens with two attached hydrogens (primary N) is 1. The summed E-state index contributed by atoms with van der Waals surface area (Å²) in [5.41, 5.74) is 8.18. The van der Waals surface area contributed by atoms with Gasteiger partial charge in [-0.2, -0.15) is 0 Å². The highest BCUT2D eigenvalue weighted by Crippen LogP contribution is 2.40. The van der Waals surface area contributed by atoms with Crippen molar-refractivity contribution in [2.45, 2.75) is 44.2 Å². The molecule has 0 bridgehead atoms. The minimum absolute atomic E-state index is 0. The van der Waals surface area contributed by atoms with Gasteiger partial charge in [-0.25, -0.2) is 9.78 Å². The highest BCUT2D eigenvalue weighted by atomic mass is 35.5. The molecule has 3 N–H and O–H groups in total. The molecule has 0 radical (unpaired) electrons. The van der Waals surface area contributed by atoms with Crippen molar-refractivity contribution in [1.82, 2.24) is 9.55 Å². The number of nitrogens with zero attached hydrogens (tertiary/aromatic N) is 2. The largest absolute Gasteiger partial charge is 0.477 e. The average Bonchev–Trinajstić information content (AvgIpc) is 3.39. The summed E-state index contributed by atoms with van der Waals surface area (Å²) in [6.45, 7) is 0. The van der Waals surface area contributed by atoms with Gasteiger partial charge < -0.3 is 15.4 Å². The normalized spacial score (nSPS) is 18.5. The summed E-state index contributed by atoms with van der Waals surface area (Å²) in [7, 11) is 0. The van der Waals surface area contributed by atoms with Crippen molar-refractivity contribution in [1.29, 1.82) is 0 Å². The van der Waals surface area contributed by atoms with E-state index in [1.165, 1.54) is 16.6 Å². The number of rotatable bonds is 3. The molecule has 1 saturated carbocycles. The molecule has 146 valence electrons. The quantitative estimate of drug-likeness (QED) is 0.673. The minimum atomic E-state index is -1.19. The number of carboxylic acid groups (broad SMARTS) is 1. The van der Waals surface area contributed by atoms with Crippen LogP contribution < -0.4 is 11.2 Å². The van der Waals surface area contributed by atoms with Gasteiger partial charge in [-0.3, -0.25) is 4.79 Å². The molecule has 1 fully saturated rings. The number of fused-ring (bicyclic) bond motifs is 2. The summed E-state index contributed by atoms with van der Waals surface area (Å²) in [4.78, 5) is 31.2. The van der Waals surface area contributed by atoms with Crippen LogP contribution >= 0.6 is 23.7 Å². The fourth-order valence-corrected chi connectivity index (χ4v) is 5.11. The molecule has 6 nitrogen and oxygen atoms in total. The number of hydrogen-bond acceptors (Lipinski definition) is 5. The number of aryl methyl sites for hydroxylation is 1. The van der Waals surface area contributed by atoms with E-state index in [0.29, 0.717) is 11.0 Å².